The molecule has 0 bridgehead atoms. The van der Waals surface area contributed by atoms with Crippen molar-refractivity contribution in [3.8, 4) is 11.5 Å². The summed E-state index contributed by atoms with van der Waals surface area (Å²) in [5.74, 6) is 0.783. The van der Waals surface area contributed by atoms with E-state index >= 15 is 0 Å². The summed E-state index contributed by atoms with van der Waals surface area (Å²) in [5, 5.41) is 9.15. The van der Waals surface area contributed by atoms with E-state index in [-0.39, 0.29) is 5.75 Å². The van der Waals surface area contributed by atoms with Crippen LogP contribution in [-0.2, 0) is 0 Å². The van der Waals surface area contributed by atoms with E-state index < -0.39 is 0 Å². The molecule has 0 aliphatic carbocycles. The molecule has 0 unspecified atom stereocenters. The van der Waals surface area contributed by atoms with Crippen LogP contribution in [0.25, 0.3) is 0 Å². The standard InChI is InChI=1S/C11H13NO2/c1-2-9(7-12)8-14-11-5-3-4-10(13)6-11/h3-6,13H,1,7-8,12H2. The van der Waals surface area contributed by atoms with Crippen LogP contribution in [0.4, 0.5) is 0 Å². The lowest BCUT2D eigenvalue weighted by atomic mass is 10.3. The van der Waals surface area contributed by atoms with Crippen LogP contribution in [0.1, 0.15) is 0 Å². The number of phenols is 1. The molecule has 3 N–H and O–H groups in total. The number of aromatic hydroxyl groups is 1. The van der Waals surface area contributed by atoms with Crippen molar-refractivity contribution >= 4 is 0 Å². The number of hydrogen-bond donors (Lipinski definition) is 2. The Morgan fingerprint density at radius 3 is 2.93 bits per heavy atom. The lowest BCUT2D eigenvalue weighted by Gasteiger charge is -2.06. The average molecular weight is 191 g/mol. The topological polar surface area (TPSA) is 55.5 Å². The van der Waals surface area contributed by atoms with Crippen molar-refractivity contribution in [1.82, 2.24) is 0 Å². The van der Waals surface area contributed by atoms with Gasteiger partial charge >= 0.3 is 0 Å². The second-order valence-corrected chi connectivity index (χ2v) is 2.77. The third-order valence-electron chi connectivity index (χ3n) is 1.73. The van der Waals surface area contributed by atoms with Crippen LogP contribution in [0.3, 0.4) is 0 Å². The second-order valence-electron chi connectivity index (χ2n) is 2.77. The Labute approximate surface area is 83.1 Å². The first-order valence-corrected chi connectivity index (χ1v) is 4.26. The maximum atomic E-state index is 9.15. The number of phenolic OH excluding ortho intramolecular Hbond substituents is 1. The Balaban J connectivity index is 2.57. The van der Waals surface area contributed by atoms with Crippen molar-refractivity contribution in [2.75, 3.05) is 13.2 Å². The fourth-order valence-electron chi connectivity index (χ4n) is 0.926. The van der Waals surface area contributed by atoms with Gasteiger partial charge < -0.3 is 15.6 Å². The molecule has 0 fully saturated rings. The number of hydrogen-bond acceptors (Lipinski definition) is 3. The summed E-state index contributed by atoms with van der Waals surface area (Å²) < 4.78 is 5.35. The van der Waals surface area contributed by atoms with Crippen molar-refractivity contribution in [2.45, 2.75) is 0 Å². The van der Waals surface area contributed by atoms with E-state index in [1.165, 1.54) is 6.07 Å². The lowest BCUT2D eigenvalue weighted by molar-refractivity contribution is 0.348. The zero-order chi connectivity index (χ0) is 10.4. The quantitative estimate of drug-likeness (QED) is 0.708. The number of benzene rings is 1. The van der Waals surface area contributed by atoms with Crippen molar-refractivity contribution in [3.63, 3.8) is 0 Å². The minimum absolute atomic E-state index is 0.180. The molecule has 1 aromatic rings. The Morgan fingerprint density at radius 1 is 1.57 bits per heavy atom. The molecule has 1 aromatic carbocycles. The molecule has 0 saturated heterocycles. The molecule has 0 radical (unpaired) electrons. The van der Waals surface area contributed by atoms with E-state index in [0.29, 0.717) is 18.9 Å². The van der Waals surface area contributed by atoms with E-state index in [2.05, 4.69) is 12.3 Å². The van der Waals surface area contributed by atoms with Gasteiger partial charge in [0.15, 0.2) is 0 Å². The zero-order valence-electron chi connectivity index (χ0n) is 7.86. The smallest absolute Gasteiger partial charge is 0.123 e. The highest BCUT2D eigenvalue weighted by Crippen LogP contribution is 2.17. The molecular formula is C11H13NO2. The van der Waals surface area contributed by atoms with Gasteiger partial charge in [0.25, 0.3) is 0 Å². The average Bonchev–Trinajstić information content (AvgIpc) is 2.19. The summed E-state index contributed by atoms with van der Waals surface area (Å²) >= 11 is 0. The first kappa shape index (κ1) is 10.4. The molecule has 0 saturated carbocycles. The van der Waals surface area contributed by atoms with Crippen LogP contribution >= 0.6 is 0 Å². The van der Waals surface area contributed by atoms with Gasteiger partial charge in [0.05, 0.1) is 0 Å². The molecule has 0 aliphatic heterocycles. The predicted octanol–water partition coefficient (Wildman–Crippen LogP) is 1.44. The molecular weight excluding hydrogens is 178 g/mol. The largest absolute Gasteiger partial charge is 0.508 e. The minimum atomic E-state index is 0.180. The summed E-state index contributed by atoms with van der Waals surface area (Å²) in [6, 6.07) is 6.60. The summed E-state index contributed by atoms with van der Waals surface area (Å²) in [6.07, 6.45) is 0. The van der Waals surface area contributed by atoms with Crippen molar-refractivity contribution in [1.29, 1.82) is 0 Å². The van der Waals surface area contributed by atoms with Gasteiger partial charge in [-0.25, -0.2) is 0 Å². The van der Waals surface area contributed by atoms with Gasteiger partial charge in [-0.3, -0.25) is 0 Å². The Bertz CT molecular complexity index is 354. The van der Waals surface area contributed by atoms with Gasteiger partial charge in [0.2, 0.25) is 0 Å². The lowest BCUT2D eigenvalue weighted by Crippen LogP contribution is -2.10. The summed E-state index contributed by atoms with van der Waals surface area (Å²) in [6.45, 7) is 4.22. The van der Waals surface area contributed by atoms with Crippen LogP contribution in [0.5, 0.6) is 11.5 Å². The van der Waals surface area contributed by atoms with E-state index in [1.54, 1.807) is 18.2 Å². The third kappa shape index (κ3) is 2.98. The van der Waals surface area contributed by atoms with E-state index in [9.17, 15) is 0 Å². The highest BCUT2D eigenvalue weighted by atomic mass is 16.5. The molecule has 0 heterocycles. The molecule has 1 rings (SSSR count). The van der Waals surface area contributed by atoms with Crippen LogP contribution in [0, 0.1) is 0 Å². The van der Waals surface area contributed by atoms with Gasteiger partial charge in [-0.1, -0.05) is 12.6 Å². The molecule has 0 amide bonds. The third-order valence-corrected chi connectivity index (χ3v) is 1.73. The maximum Gasteiger partial charge on any atom is 0.123 e. The highest BCUT2D eigenvalue weighted by molar-refractivity contribution is 5.32. The van der Waals surface area contributed by atoms with Crippen molar-refractivity contribution < 1.29 is 9.84 Å². The van der Waals surface area contributed by atoms with Crippen molar-refractivity contribution in [3.05, 3.63) is 42.1 Å². The molecule has 0 atom stereocenters. The summed E-state index contributed by atoms with van der Waals surface area (Å²) in [4.78, 5) is 0. The Morgan fingerprint density at radius 2 is 2.36 bits per heavy atom. The van der Waals surface area contributed by atoms with E-state index in [1.807, 2.05) is 0 Å². The molecule has 14 heavy (non-hydrogen) atoms. The monoisotopic (exact) mass is 191 g/mol. The van der Waals surface area contributed by atoms with Crippen LogP contribution in [-0.4, -0.2) is 18.3 Å². The molecule has 3 heteroatoms. The molecule has 0 spiro atoms. The predicted molar refractivity (Wildman–Crippen MR) is 55.3 cm³/mol. The normalized spacial score (nSPS) is 9.21. The number of rotatable bonds is 4. The van der Waals surface area contributed by atoms with Crippen LogP contribution < -0.4 is 10.5 Å². The molecule has 3 nitrogen and oxygen atoms in total. The fourth-order valence-corrected chi connectivity index (χ4v) is 0.926. The minimum Gasteiger partial charge on any atom is -0.508 e. The number of ether oxygens (including phenoxy) is 1. The van der Waals surface area contributed by atoms with Crippen LogP contribution in [0.15, 0.2) is 42.1 Å². The van der Waals surface area contributed by atoms with Gasteiger partial charge in [-0.15, -0.1) is 5.73 Å². The number of nitrogens with two attached hydrogens (primary N) is 1. The second kappa shape index (κ2) is 5.12. The Hall–Kier alpha value is -1.70. The first-order chi connectivity index (χ1) is 6.76. The molecule has 0 aliphatic rings. The van der Waals surface area contributed by atoms with Gasteiger partial charge in [0.1, 0.15) is 18.1 Å². The summed E-state index contributed by atoms with van der Waals surface area (Å²) in [5.41, 5.74) is 8.90. The molecule has 0 aromatic heterocycles. The SMILES string of the molecule is C=C=C(CN)COc1cccc(O)c1. The van der Waals surface area contributed by atoms with Gasteiger partial charge in [-0.05, 0) is 12.1 Å². The Kier molecular flexibility index (Phi) is 3.80. The zero-order valence-corrected chi connectivity index (χ0v) is 7.86. The fraction of sp³-hybridized carbons (Fsp3) is 0.182. The van der Waals surface area contributed by atoms with Gasteiger partial charge in [-0.2, -0.15) is 0 Å². The molecule has 74 valence electrons. The summed E-state index contributed by atoms with van der Waals surface area (Å²) in [7, 11) is 0. The van der Waals surface area contributed by atoms with E-state index in [4.69, 9.17) is 15.6 Å². The first-order valence-electron chi connectivity index (χ1n) is 4.26. The van der Waals surface area contributed by atoms with E-state index in [0.717, 1.165) is 5.57 Å². The highest BCUT2D eigenvalue weighted by Gasteiger charge is 1.97. The maximum absolute atomic E-state index is 9.15. The van der Waals surface area contributed by atoms with Crippen molar-refractivity contribution in [2.24, 2.45) is 5.73 Å². The van der Waals surface area contributed by atoms with Gasteiger partial charge in [0, 0.05) is 18.2 Å². The van der Waals surface area contributed by atoms with Crippen LogP contribution in [0.2, 0.25) is 0 Å².